The number of aromatic nitrogens is 1. The molecule has 0 saturated heterocycles. The number of amides is 1. The van der Waals surface area contributed by atoms with Gasteiger partial charge in [0, 0.05) is 5.56 Å². The minimum atomic E-state index is -1.17. The Bertz CT molecular complexity index is 1100. The SMILES string of the molecule is CC(O)(CNC(=O)c1ccc2ncsc2c1)c1ccc(-c2ccccc2)cc1. The number of carbonyl (C=O) groups is 1. The number of carbonyl (C=O) groups excluding carboxylic acids is 1. The van der Waals surface area contributed by atoms with Crippen LogP contribution in [0.4, 0.5) is 0 Å². The number of benzene rings is 3. The highest BCUT2D eigenvalue weighted by Gasteiger charge is 2.24. The predicted octanol–water partition coefficient (Wildman–Crippen LogP) is 4.60. The highest BCUT2D eigenvalue weighted by Crippen LogP contribution is 2.25. The number of nitrogens with one attached hydrogen (secondary N) is 1. The molecular formula is C23H20N2O2S. The average Bonchev–Trinajstić information content (AvgIpc) is 3.21. The van der Waals surface area contributed by atoms with E-state index in [4.69, 9.17) is 0 Å². The zero-order valence-electron chi connectivity index (χ0n) is 15.4. The average molecular weight is 388 g/mol. The number of aliphatic hydroxyl groups is 1. The quantitative estimate of drug-likeness (QED) is 0.525. The Labute approximate surface area is 167 Å². The van der Waals surface area contributed by atoms with E-state index in [2.05, 4.69) is 10.3 Å². The van der Waals surface area contributed by atoms with Crippen molar-refractivity contribution >= 4 is 27.5 Å². The van der Waals surface area contributed by atoms with Crippen LogP contribution in [-0.4, -0.2) is 22.5 Å². The Morgan fingerprint density at radius 2 is 1.75 bits per heavy atom. The van der Waals surface area contributed by atoms with Crippen LogP contribution in [0.15, 0.2) is 78.3 Å². The molecule has 4 aromatic rings. The van der Waals surface area contributed by atoms with E-state index in [1.54, 1.807) is 18.5 Å². The summed E-state index contributed by atoms with van der Waals surface area (Å²) in [5, 5.41) is 13.7. The van der Waals surface area contributed by atoms with Gasteiger partial charge in [-0.2, -0.15) is 0 Å². The van der Waals surface area contributed by atoms with Crippen LogP contribution in [-0.2, 0) is 5.60 Å². The fourth-order valence-electron chi connectivity index (χ4n) is 3.11. The molecule has 0 aliphatic carbocycles. The van der Waals surface area contributed by atoms with E-state index in [9.17, 15) is 9.90 Å². The Morgan fingerprint density at radius 1 is 1.04 bits per heavy atom. The van der Waals surface area contributed by atoms with Crippen molar-refractivity contribution in [3.63, 3.8) is 0 Å². The first-order chi connectivity index (χ1) is 13.5. The van der Waals surface area contributed by atoms with Gasteiger partial charge in [0.25, 0.3) is 5.91 Å². The third kappa shape index (κ3) is 3.81. The maximum atomic E-state index is 12.5. The molecule has 0 aliphatic heterocycles. The van der Waals surface area contributed by atoms with Crippen molar-refractivity contribution in [1.29, 1.82) is 0 Å². The third-order valence-electron chi connectivity index (χ3n) is 4.80. The summed E-state index contributed by atoms with van der Waals surface area (Å²) in [7, 11) is 0. The summed E-state index contributed by atoms with van der Waals surface area (Å²) in [5.74, 6) is -0.212. The molecule has 1 atom stereocenters. The van der Waals surface area contributed by atoms with Crippen LogP contribution in [0.3, 0.4) is 0 Å². The molecule has 0 spiro atoms. The van der Waals surface area contributed by atoms with E-state index in [0.29, 0.717) is 5.56 Å². The lowest BCUT2D eigenvalue weighted by Gasteiger charge is -2.24. The second kappa shape index (κ2) is 7.54. The van der Waals surface area contributed by atoms with E-state index in [-0.39, 0.29) is 12.5 Å². The minimum absolute atomic E-state index is 0.122. The molecule has 0 bridgehead atoms. The highest BCUT2D eigenvalue weighted by molar-refractivity contribution is 7.16. The normalized spacial score (nSPS) is 13.2. The molecule has 140 valence electrons. The van der Waals surface area contributed by atoms with Gasteiger partial charge in [-0.25, -0.2) is 4.98 Å². The molecular weight excluding hydrogens is 368 g/mol. The molecule has 1 heterocycles. The highest BCUT2D eigenvalue weighted by atomic mass is 32.1. The summed E-state index contributed by atoms with van der Waals surface area (Å²) >= 11 is 1.50. The number of hydrogen-bond acceptors (Lipinski definition) is 4. The van der Waals surface area contributed by atoms with Crippen LogP contribution in [0.2, 0.25) is 0 Å². The van der Waals surface area contributed by atoms with Crippen molar-refractivity contribution in [2.24, 2.45) is 0 Å². The standard InChI is InChI=1S/C23H20N2O2S/c1-23(27,19-10-7-17(8-11-19)16-5-3-2-4-6-16)14-24-22(26)18-9-12-20-21(13-18)28-15-25-20/h2-13,15,27H,14H2,1H3,(H,24,26). The minimum Gasteiger partial charge on any atom is -0.384 e. The predicted molar refractivity (Wildman–Crippen MR) is 113 cm³/mol. The van der Waals surface area contributed by atoms with Gasteiger partial charge in [0.05, 0.1) is 22.3 Å². The summed E-state index contributed by atoms with van der Waals surface area (Å²) in [6.07, 6.45) is 0. The lowest BCUT2D eigenvalue weighted by atomic mass is 9.93. The molecule has 4 rings (SSSR count). The molecule has 0 radical (unpaired) electrons. The largest absolute Gasteiger partial charge is 0.384 e. The summed E-state index contributed by atoms with van der Waals surface area (Å²) in [6, 6.07) is 23.3. The molecule has 2 N–H and O–H groups in total. The fraction of sp³-hybridized carbons (Fsp3) is 0.130. The molecule has 5 heteroatoms. The molecule has 1 amide bonds. The second-order valence-electron chi connectivity index (χ2n) is 6.93. The molecule has 28 heavy (non-hydrogen) atoms. The van der Waals surface area contributed by atoms with Gasteiger partial charge >= 0.3 is 0 Å². The van der Waals surface area contributed by atoms with Gasteiger partial charge in [0.2, 0.25) is 0 Å². The van der Waals surface area contributed by atoms with Gasteiger partial charge in [0.15, 0.2) is 0 Å². The first-order valence-electron chi connectivity index (χ1n) is 9.03. The van der Waals surface area contributed by atoms with Gasteiger partial charge in [-0.1, -0.05) is 54.6 Å². The maximum Gasteiger partial charge on any atom is 0.251 e. The van der Waals surface area contributed by atoms with Crippen LogP contribution in [0.25, 0.3) is 21.3 Å². The van der Waals surface area contributed by atoms with Gasteiger partial charge in [0.1, 0.15) is 5.60 Å². The molecule has 0 aliphatic rings. The lowest BCUT2D eigenvalue weighted by molar-refractivity contribution is 0.0526. The number of rotatable bonds is 5. The maximum absolute atomic E-state index is 12.5. The number of fused-ring (bicyclic) bond motifs is 1. The fourth-order valence-corrected chi connectivity index (χ4v) is 3.82. The smallest absolute Gasteiger partial charge is 0.251 e. The van der Waals surface area contributed by atoms with Gasteiger partial charge in [-0.05, 0) is 41.8 Å². The molecule has 0 fully saturated rings. The summed E-state index contributed by atoms with van der Waals surface area (Å²) < 4.78 is 0.968. The number of nitrogens with zero attached hydrogens (tertiary/aromatic N) is 1. The van der Waals surface area contributed by atoms with Crippen molar-refractivity contribution in [2.45, 2.75) is 12.5 Å². The number of thiazole rings is 1. The van der Waals surface area contributed by atoms with E-state index >= 15 is 0 Å². The zero-order valence-corrected chi connectivity index (χ0v) is 16.2. The monoisotopic (exact) mass is 388 g/mol. The van der Waals surface area contributed by atoms with Crippen molar-refractivity contribution < 1.29 is 9.90 Å². The summed E-state index contributed by atoms with van der Waals surface area (Å²) in [6.45, 7) is 1.83. The van der Waals surface area contributed by atoms with Crippen LogP contribution < -0.4 is 5.32 Å². The molecule has 0 saturated carbocycles. The van der Waals surface area contributed by atoms with Gasteiger partial charge in [-0.15, -0.1) is 11.3 Å². The van der Waals surface area contributed by atoms with Crippen LogP contribution in [0.1, 0.15) is 22.8 Å². The van der Waals surface area contributed by atoms with E-state index in [1.165, 1.54) is 11.3 Å². The first kappa shape index (κ1) is 18.3. The zero-order chi connectivity index (χ0) is 19.6. The Kier molecular flexibility index (Phi) is 4.94. The molecule has 1 unspecified atom stereocenters. The molecule has 4 nitrogen and oxygen atoms in total. The Balaban J connectivity index is 1.45. The van der Waals surface area contributed by atoms with Crippen LogP contribution >= 0.6 is 11.3 Å². The van der Waals surface area contributed by atoms with Crippen molar-refractivity contribution in [1.82, 2.24) is 10.3 Å². The van der Waals surface area contributed by atoms with Crippen molar-refractivity contribution in [2.75, 3.05) is 6.54 Å². The lowest BCUT2D eigenvalue weighted by Crippen LogP contribution is -2.38. The summed E-state index contributed by atoms with van der Waals surface area (Å²) in [4.78, 5) is 16.7. The van der Waals surface area contributed by atoms with E-state index in [0.717, 1.165) is 26.9 Å². The Hall–Kier alpha value is -3.02. The van der Waals surface area contributed by atoms with Crippen LogP contribution in [0.5, 0.6) is 0 Å². The second-order valence-corrected chi connectivity index (χ2v) is 7.82. The van der Waals surface area contributed by atoms with Gasteiger partial charge < -0.3 is 10.4 Å². The van der Waals surface area contributed by atoms with Crippen molar-refractivity contribution in [3.8, 4) is 11.1 Å². The first-order valence-corrected chi connectivity index (χ1v) is 9.91. The van der Waals surface area contributed by atoms with E-state index < -0.39 is 5.60 Å². The molecule has 1 aromatic heterocycles. The Morgan fingerprint density at radius 3 is 2.50 bits per heavy atom. The van der Waals surface area contributed by atoms with Crippen molar-refractivity contribution in [3.05, 3.63) is 89.4 Å². The number of hydrogen-bond donors (Lipinski definition) is 2. The van der Waals surface area contributed by atoms with E-state index in [1.807, 2.05) is 66.7 Å². The third-order valence-corrected chi connectivity index (χ3v) is 5.59. The van der Waals surface area contributed by atoms with Crippen LogP contribution in [0, 0.1) is 0 Å². The van der Waals surface area contributed by atoms with Gasteiger partial charge in [-0.3, -0.25) is 4.79 Å². The molecule has 3 aromatic carbocycles. The topological polar surface area (TPSA) is 62.2 Å². The summed E-state index contributed by atoms with van der Waals surface area (Å²) in [5.41, 5.74) is 5.00.